The molecule has 0 amide bonds. The van der Waals surface area contributed by atoms with Crippen LogP contribution in [0.5, 0.6) is 0 Å². The van der Waals surface area contributed by atoms with Crippen molar-refractivity contribution in [3.05, 3.63) is 16.8 Å². The van der Waals surface area contributed by atoms with Gasteiger partial charge in [-0.1, -0.05) is 0 Å². The Hall–Kier alpha value is -1.69. The van der Waals surface area contributed by atoms with E-state index in [0.717, 1.165) is 30.6 Å². The van der Waals surface area contributed by atoms with Gasteiger partial charge in [0.05, 0.1) is 17.4 Å². The highest BCUT2D eigenvalue weighted by atomic mass is 16.3. The molecule has 0 aromatic carbocycles. The molecule has 0 unspecified atom stereocenters. The number of nitrogen functional groups attached to an aromatic ring is 1. The SMILES string of the molecule is Cc1nnc(N(C)CC2CC(O)C2)c(C(=N)N)c1C. The second-order valence-corrected chi connectivity index (χ2v) is 5.39. The van der Waals surface area contributed by atoms with Crippen LogP contribution in [0, 0.1) is 25.2 Å². The van der Waals surface area contributed by atoms with Crippen molar-refractivity contribution >= 4 is 11.7 Å². The van der Waals surface area contributed by atoms with Gasteiger partial charge in [0.2, 0.25) is 0 Å². The molecule has 104 valence electrons. The van der Waals surface area contributed by atoms with Gasteiger partial charge in [-0.25, -0.2) is 0 Å². The van der Waals surface area contributed by atoms with E-state index >= 15 is 0 Å². The van der Waals surface area contributed by atoms with Crippen molar-refractivity contribution in [3.63, 3.8) is 0 Å². The predicted molar refractivity (Wildman–Crippen MR) is 74.5 cm³/mol. The molecule has 0 saturated heterocycles. The Labute approximate surface area is 113 Å². The van der Waals surface area contributed by atoms with Crippen LogP contribution in [-0.2, 0) is 0 Å². The van der Waals surface area contributed by atoms with Crippen LogP contribution in [0.2, 0.25) is 0 Å². The first-order valence-electron chi connectivity index (χ1n) is 6.47. The van der Waals surface area contributed by atoms with Crippen molar-refractivity contribution in [3.8, 4) is 0 Å². The van der Waals surface area contributed by atoms with E-state index in [1.54, 1.807) is 0 Å². The molecule has 1 aliphatic rings. The summed E-state index contributed by atoms with van der Waals surface area (Å²) < 4.78 is 0. The second kappa shape index (κ2) is 5.13. The fourth-order valence-electron chi connectivity index (χ4n) is 2.51. The van der Waals surface area contributed by atoms with Crippen molar-refractivity contribution < 1.29 is 5.11 Å². The molecule has 6 nitrogen and oxygen atoms in total. The van der Waals surface area contributed by atoms with E-state index in [-0.39, 0.29) is 11.9 Å². The number of amidine groups is 1. The lowest BCUT2D eigenvalue weighted by Gasteiger charge is -2.35. The normalized spacial score (nSPS) is 21.9. The minimum atomic E-state index is -0.156. The van der Waals surface area contributed by atoms with Crippen molar-refractivity contribution in [2.75, 3.05) is 18.5 Å². The summed E-state index contributed by atoms with van der Waals surface area (Å²) >= 11 is 0. The number of aromatic nitrogens is 2. The Morgan fingerprint density at radius 2 is 2.05 bits per heavy atom. The van der Waals surface area contributed by atoms with Gasteiger partial charge in [-0.2, -0.15) is 5.10 Å². The summed E-state index contributed by atoms with van der Waals surface area (Å²) in [7, 11) is 1.93. The summed E-state index contributed by atoms with van der Waals surface area (Å²) in [6.07, 6.45) is 1.51. The van der Waals surface area contributed by atoms with Gasteiger partial charge in [-0.15, -0.1) is 5.10 Å². The first-order valence-corrected chi connectivity index (χ1v) is 6.47. The molecule has 1 heterocycles. The van der Waals surface area contributed by atoms with Gasteiger partial charge in [0, 0.05) is 13.6 Å². The fourth-order valence-corrected chi connectivity index (χ4v) is 2.51. The first kappa shape index (κ1) is 13.7. The molecule has 1 aliphatic carbocycles. The summed E-state index contributed by atoms with van der Waals surface area (Å²) in [5, 5.41) is 25.3. The average Bonchev–Trinajstić information content (AvgIpc) is 2.29. The molecule has 1 saturated carbocycles. The minimum absolute atomic E-state index is 0.0194. The zero-order valence-electron chi connectivity index (χ0n) is 11.6. The lowest BCUT2D eigenvalue weighted by atomic mass is 9.82. The summed E-state index contributed by atoms with van der Waals surface area (Å²) in [5.41, 5.74) is 8.03. The molecule has 0 radical (unpaired) electrons. The van der Waals surface area contributed by atoms with E-state index in [2.05, 4.69) is 10.2 Å². The molecule has 19 heavy (non-hydrogen) atoms. The van der Waals surface area contributed by atoms with Crippen LogP contribution in [-0.4, -0.2) is 40.8 Å². The second-order valence-electron chi connectivity index (χ2n) is 5.39. The number of aliphatic hydroxyl groups excluding tert-OH is 1. The van der Waals surface area contributed by atoms with Crippen LogP contribution in [0.4, 0.5) is 5.82 Å². The molecular formula is C13H21N5O. The third-order valence-corrected chi connectivity index (χ3v) is 3.81. The van der Waals surface area contributed by atoms with E-state index < -0.39 is 0 Å². The van der Waals surface area contributed by atoms with Crippen molar-refractivity contribution in [1.82, 2.24) is 10.2 Å². The molecule has 0 aliphatic heterocycles. The van der Waals surface area contributed by atoms with E-state index in [1.807, 2.05) is 25.8 Å². The van der Waals surface area contributed by atoms with Crippen LogP contribution in [0.25, 0.3) is 0 Å². The van der Waals surface area contributed by atoms with Crippen molar-refractivity contribution in [2.24, 2.45) is 11.7 Å². The van der Waals surface area contributed by atoms with Crippen LogP contribution in [0.15, 0.2) is 0 Å². The lowest BCUT2D eigenvalue weighted by molar-refractivity contribution is 0.0464. The highest BCUT2D eigenvalue weighted by Gasteiger charge is 2.29. The Morgan fingerprint density at radius 3 is 2.58 bits per heavy atom. The quantitative estimate of drug-likeness (QED) is 0.545. The smallest absolute Gasteiger partial charge is 0.162 e. The molecule has 2 rings (SSSR count). The van der Waals surface area contributed by atoms with Gasteiger partial charge in [-0.3, -0.25) is 5.41 Å². The topological polar surface area (TPSA) is 99.1 Å². The lowest BCUT2D eigenvalue weighted by Crippen LogP contribution is -2.38. The molecule has 4 N–H and O–H groups in total. The maximum Gasteiger partial charge on any atom is 0.162 e. The van der Waals surface area contributed by atoms with Gasteiger partial charge in [0.1, 0.15) is 5.84 Å². The Morgan fingerprint density at radius 1 is 1.42 bits per heavy atom. The molecule has 1 fully saturated rings. The summed E-state index contributed by atoms with van der Waals surface area (Å²) in [4.78, 5) is 1.98. The first-order chi connectivity index (χ1) is 8.90. The molecule has 1 aromatic rings. The zero-order chi connectivity index (χ0) is 14.2. The third kappa shape index (κ3) is 2.68. The number of nitrogens with two attached hydrogens (primary N) is 1. The highest BCUT2D eigenvalue weighted by molar-refractivity contribution is 6.01. The number of rotatable bonds is 4. The highest BCUT2D eigenvalue weighted by Crippen LogP contribution is 2.29. The Balaban J connectivity index is 2.23. The number of nitrogens with zero attached hydrogens (tertiary/aromatic N) is 3. The standard InChI is InChI=1S/C13H21N5O/c1-7-8(2)16-17-13(11(7)12(14)15)18(3)6-9-4-10(19)5-9/h9-10,19H,4-6H2,1-3H3,(H3,14,15). The van der Waals surface area contributed by atoms with Crippen LogP contribution < -0.4 is 10.6 Å². The molecular weight excluding hydrogens is 242 g/mol. The van der Waals surface area contributed by atoms with Crippen LogP contribution in [0.3, 0.4) is 0 Å². The summed E-state index contributed by atoms with van der Waals surface area (Å²) in [6, 6.07) is 0. The van der Waals surface area contributed by atoms with E-state index in [9.17, 15) is 5.11 Å². The van der Waals surface area contributed by atoms with Crippen LogP contribution in [0.1, 0.15) is 29.7 Å². The van der Waals surface area contributed by atoms with Crippen molar-refractivity contribution in [2.45, 2.75) is 32.8 Å². The van der Waals surface area contributed by atoms with E-state index in [4.69, 9.17) is 11.1 Å². The summed E-state index contributed by atoms with van der Waals surface area (Å²) in [6.45, 7) is 4.57. The number of aryl methyl sites for hydroxylation is 1. The number of hydrogen-bond donors (Lipinski definition) is 3. The van der Waals surface area contributed by atoms with E-state index in [1.165, 1.54) is 0 Å². The van der Waals surface area contributed by atoms with Gasteiger partial charge in [0.15, 0.2) is 5.82 Å². The molecule has 6 heteroatoms. The van der Waals surface area contributed by atoms with Crippen LogP contribution >= 0.6 is 0 Å². The number of hydrogen-bond acceptors (Lipinski definition) is 5. The monoisotopic (exact) mass is 263 g/mol. The van der Waals surface area contributed by atoms with Gasteiger partial charge < -0.3 is 15.7 Å². The maximum absolute atomic E-state index is 9.32. The van der Waals surface area contributed by atoms with Gasteiger partial charge >= 0.3 is 0 Å². The molecule has 1 aromatic heterocycles. The molecule has 0 atom stereocenters. The Bertz CT molecular complexity index is 496. The zero-order valence-corrected chi connectivity index (χ0v) is 11.6. The molecule has 0 bridgehead atoms. The fraction of sp³-hybridized carbons (Fsp3) is 0.615. The summed E-state index contributed by atoms with van der Waals surface area (Å²) in [5.74, 6) is 1.14. The predicted octanol–water partition coefficient (Wildman–Crippen LogP) is 0.585. The molecule has 0 spiro atoms. The number of aliphatic hydroxyl groups is 1. The average molecular weight is 263 g/mol. The van der Waals surface area contributed by atoms with E-state index in [0.29, 0.717) is 17.3 Å². The van der Waals surface area contributed by atoms with Crippen molar-refractivity contribution in [1.29, 1.82) is 5.41 Å². The minimum Gasteiger partial charge on any atom is -0.393 e. The van der Waals surface area contributed by atoms with Gasteiger partial charge in [0.25, 0.3) is 0 Å². The largest absolute Gasteiger partial charge is 0.393 e. The number of nitrogens with one attached hydrogen (secondary N) is 1. The van der Waals surface area contributed by atoms with Gasteiger partial charge in [-0.05, 0) is 38.2 Å². The maximum atomic E-state index is 9.32. The Kier molecular flexibility index (Phi) is 3.71. The number of anilines is 1. The third-order valence-electron chi connectivity index (χ3n) is 3.81.